The number of carbonyl (C=O) groups is 1. The summed E-state index contributed by atoms with van der Waals surface area (Å²) in [7, 11) is 2.03. The van der Waals surface area contributed by atoms with Crippen LogP contribution in [-0.4, -0.2) is 55.0 Å². The fourth-order valence-electron chi connectivity index (χ4n) is 2.33. The quantitative estimate of drug-likeness (QED) is 0.826. The summed E-state index contributed by atoms with van der Waals surface area (Å²) in [6, 6.07) is 8.84. The Morgan fingerprint density at radius 3 is 2.68 bits per heavy atom. The number of piperazine rings is 1. The SMILES string of the molecule is CN1CCN(C(=O)c2ccc(C#N)cc2)C(CN)C1. The maximum absolute atomic E-state index is 12.4. The lowest BCUT2D eigenvalue weighted by atomic mass is 10.1. The molecule has 0 spiro atoms. The molecule has 1 aliphatic rings. The number of nitrogens with zero attached hydrogens (tertiary/aromatic N) is 3. The Morgan fingerprint density at radius 1 is 1.42 bits per heavy atom. The summed E-state index contributed by atoms with van der Waals surface area (Å²) in [5.41, 5.74) is 6.93. The van der Waals surface area contributed by atoms with Crippen LogP contribution >= 0.6 is 0 Å². The molecule has 100 valence electrons. The molecule has 0 saturated carbocycles. The highest BCUT2D eigenvalue weighted by Crippen LogP contribution is 2.13. The molecule has 5 heteroatoms. The molecular weight excluding hydrogens is 240 g/mol. The van der Waals surface area contributed by atoms with Gasteiger partial charge in [-0.25, -0.2) is 0 Å². The average molecular weight is 258 g/mol. The first-order valence-corrected chi connectivity index (χ1v) is 6.35. The van der Waals surface area contributed by atoms with Crippen molar-refractivity contribution in [2.75, 3.05) is 33.2 Å². The molecule has 1 aromatic carbocycles. The first-order chi connectivity index (χ1) is 9.15. The molecule has 1 fully saturated rings. The number of amides is 1. The van der Waals surface area contributed by atoms with E-state index in [4.69, 9.17) is 11.0 Å². The van der Waals surface area contributed by atoms with Gasteiger partial charge in [0.05, 0.1) is 17.7 Å². The third-order valence-corrected chi connectivity index (χ3v) is 3.48. The molecule has 0 aliphatic carbocycles. The summed E-state index contributed by atoms with van der Waals surface area (Å²) >= 11 is 0. The molecular formula is C14H18N4O. The number of nitrogens with two attached hydrogens (primary N) is 1. The van der Waals surface area contributed by atoms with E-state index in [1.165, 1.54) is 0 Å². The van der Waals surface area contributed by atoms with E-state index in [0.717, 1.165) is 13.1 Å². The first kappa shape index (κ1) is 13.5. The van der Waals surface area contributed by atoms with Crippen LogP contribution in [-0.2, 0) is 0 Å². The van der Waals surface area contributed by atoms with E-state index in [-0.39, 0.29) is 11.9 Å². The van der Waals surface area contributed by atoms with Crippen molar-refractivity contribution in [2.45, 2.75) is 6.04 Å². The summed E-state index contributed by atoms with van der Waals surface area (Å²) in [6.07, 6.45) is 0. The van der Waals surface area contributed by atoms with E-state index in [2.05, 4.69) is 4.90 Å². The van der Waals surface area contributed by atoms with E-state index in [0.29, 0.717) is 24.2 Å². The number of hydrogen-bond acceptors (Lipinski definition) is 4. The Hall–Kier alpha value is -1.90. The number of likely N-dealkylation sites (N-methyl/N-ethyl adjacent to an activating group) is 1. The Kier molecular flexibility index (Phi) is 4.15. The van der Waals surface area contributed by atoms with Gasteiger partial charge in [0.2, 0.25) is 0 Å². The van der Waals surface area contributed by atoms with Crippen LogP contribution in [0.4, 0.5) is 0 Å². The Bertz CT molecular complexity index is 491. The fourth-order valence-corrected chi connectivity index (χ4v) is 2.33. The summed E-state index contributed by atoms with van der Waals surface area (Å²) in [4.78, 5) is 16.5. The number of hydrogen-bond donors (Lipinski definition) is 1. The summed E-state index contributed by atoms with van der Waals surface area (Å²) in [5, 5.41) is 8.76. The van der Waals surface area contributed by atoms with Crippen molar-refractivity contribution in [3.8, 4) is 6.07 Å². The maximum atomic E-state index is 12.4. The zero-order valence-electron chi connectivity index (χ0n) is 11.0. The molecule has 2 rings (SSSR count). The molecule has 1 atom stereocenters. The number of rotatable bonds is 2. The number of benzene rings is 1. The predicted octanol–water partition coefficient (Wildman–Crippen LogP) is 0.273. The van der Waals surface area contributed by atoms with Gasteiger partial charge in [-0.05, 0) is 31.3 Å². The second-order valence-electron chi connectivity index (χ2n) is 4.84. The van der Waals surface area contributed by atoms with Crippen molar-refractivity contribution >= 4 is 5.91 Å². The molecule has 0 radical (unpaired) electrons. The van der Waals surface area contributed by atoms with Gasteiger partial charge in [0.15, 0.2) is 0 Å². The number of nitriles is 1. The molecule has 1 aliphatic heterocycles. The van der Waals surface area contributed by atoms with Crippen LogP contribution in [0, 0.1) is 11.3 Å². The average Bonchev–Trinajstić information content (AvgIpc) is 2.46. The Balaban J connectivity index is 2.15. The lowest BCUT2D eigenvalue weighted by Crippen LogP contribution is -2.56. The largest absolute Gasteiger partial charge is 0.332 e. The second kappa shape index (κ2) is 5.83. The molecule has 1 heterocycles. The van der Waals surface area contributed by atoms with E-state index in [1.54, 1.807) is 24.3 Å². The van der Waals surface area contributed by atoms with Crippen LogP contribution < -0.4 is 5.73 Å². The van der Waals surface area contributed by atoms with E-state index < -0.39 is 0 Å². The maximum Gasteiger partial charge on any atom is 0.254 e. The van der Waals surface area contributed by atoms with E-state index in [1.807, 2.05) is 18.0 Å². The first-order valence-electron chi connectivity index (χ1n) is 6.35. The van der Waals surface area contributed by atoms with Crippen molar-refractivity contribution in [1.82, 2.24) is 9.80 Å². The van der Waals surface area contributed by atoms with Gasteiger partial charge in [-0.15, -0.1) is 0 Å². The minimum atomic E-state index is -0.00644. The van der Waals surface area contributed by atoms with Gasteiger partial charge in [0.25, 0.3) is 5.91 Å². The van der Waals surface area contributed by atoms with Gasteiger partial charge in [0.1, 0.15) is 0 Å². The molecule has 1 saturated heterocycles. The third-order valence-electron chi connectivity index (χ3n) is 3.48. The van der Waals surface area contributed by atoms with Crippen LogP contribution in [0.25, 0.3) is 0 Å². The third kappa shape index (κ3) is 2.92. The van der Waals surface area contributed by atoms with Crippen molar-refractivity contribution in [1.29, 1.82) is 5.26 Å². The Labute approximate surface area is 113 Å². The van der Waals surface area contributed by atoms with Gasteiger partial charge in [0, 0.05) is 31.7 Å². The normalized spacial score (nSPS) is 20.1. The highest BCUT2D eigenvalue weighted by molar-refractivity contribution is 5.94. The zero-order valence-corrected chi connectivity index (χ0v) is 11.0. The van der Waals surface area contributed by atoms with E-state index in [9.17, 15) is 4.79 Å². The van der Waals surface area contributed by atoms with Crippen LogP contribution in [0.5, 0.6) is 0 Å². The van der Waals surface area contributed by atoms with Crippen molar-refractivity contribution < 1.29 is 4.79 Å². The van der Waals surface area contributed by atoms with Gasteiger partial charge < -0.3 is 15.5 Å². The highest BCUT2D eigenvalue weighted by atomic mass is 16.2. The molecule has 1 amide bonds. The van der Waals surface area contributed by atoms with Gasteiger partial charge >= 0.3 is 0 Å². The van der Waals surface area contributed by atoms with E-state index >= 15 is 0 Å². The smallest absolute Gasteiger partial charge is 0.254 e. The van der Waals surface area contributed by atoms with Crippen LogP contribution in [0.15, 0.2) is 24.3 Å². The zero-order chi connectivity index (χ0) is 13.8. The molecule has 1 aromatic rings. The monoisotopic (exact) mass is 258 g/mol. The molecule has 0 bridgehead atoms. The van der Waals surface area contributed by atoms with Crippen molar-refractivity contribution in [2.24, 2.45) is 5.73 Å². The predicted molar refractivity (Wildman–Crippen MR) is 72.5 cm³/mol. The van der Waals surface area contributed by atoms with Crippen LogP contribution in [0.3, 0.4) is 0 Å². The summed E-state index contributed by atoms with van der Waals surface area (Å²) < 4.78 is 0. The highest BCUT2D eigenvalue weighted by Gasteiger charge is 2.28. The second-order valence-corrected chi connectivity index (χ2v) is 4.84. The summed E-state index contributed by atoms with van der Waals surface area (Å²) in [5.74, 6) is -0.00644. The molecule has 0 aromatic heterocycles. The Morgan fingerprint density at radius 2 is 2.11 bits per heavy atom. The van der Waals surface area contributed by atoms with Crippen molar-refractivity contribution in [3.05, 3.63) is 35.4 Å². The summed E-state index contributed by atoms with van der Waals surface area (Å²) in [6.45, 7) is 2.82. The topological polar surface area (TPSA) is 73.4 Å². The molecule has 19 heavy (non-hydrogen) atoms. The lowest BCUT2D eigenvalue weighted by molar-refractivity contribution is 0.0516. The standard InChI is InChI=1S/C14H18N4O/c1-17-6-7-18(13(9-16)10-17)14(19)12-4-2-11(8-15)3-5-12/h2-5,13H,6-7,9-10,16H2,1H3. The molecule has 5 nitrogen and oxygen atoms in total. The minimum absolute atomic E-state index is 0.00644. The molecule has 2 N–H and O–H groups in total. The number of carbonyl (C=O) groups excluding carboxylic acids is 1. The van der Waals surface area contributed by atoms with Crippen LogP contribution in [0.2, 0.25) is 0 Å². The van der Waals surface area contributed by atoms with Crippen LogP contribution in [0.1, 0.15) is 15.9 Å². The fraction of sp³-hybridized carbons (Fsp3) is 0.429. The molecule has 1 unspecified atom stereocenters. The van der Waals surface area contributed by atoms with Gasteiger partial charge in [-0.2, -0.15) is 5.26 Å². The minimum Gasteiger partial charge on any atom is -0.332 e. The van der Waals surface area contributed by atoms with Crippen molar-refractivity contribution in [3.63, 3.8) is 0 Å². The van der Waals surface area contributed by atoms with Gasteiger partial charge in [-0.3, -0.25) is 4.79 Å². The van der Waals surface area contributed by atoms with Gasteiger partial charge in [-0.1, -0.05) is 0 Å². The lowest BCUT2D eigenvalue weighted by Gasteiger charge is -2.39.